The van der Waals surface area contributed by atoms with Gasteiger partial charge in [-0.3, -0.25) is 0 Å². The van der Waals surface area contributed by atoms with Crippen molar-refractivity contribution in [2.45, 2.75) is 32.8 Å². The number of hydrogen-bond donors (Lipinski definition) is 1. The SMILES string of the molecule is CC(C)(C)OC(=O)N1CCC2=C(C1)N[N+]=C2. The molecule has 5 nitrogen and oxygen atoms in total. The molecule has 0 aromatic heterocycles. The Kier molecular flexibility index (Phi) is 2.61. The molecule has 0 saturated heterocycles. The van der Waals surface area contributed by atoms with Crippen LogP contribution in [0, 0.1) is 0 Å². The van der Waals surface area contributed by atoms with E-state index < -0.39 is 5.60 Å². The maximum absolute atomic E-state index is 11.8. The van der Waals surface area contributed by atoms with Gasteiger partial charge in [-0.15, -0.1) is 5.43 Å². The second-order valence-corrected chi connectivity index (χ2v) is 5.03. The summed E-state index contributed by atoms with van der Waals surface area (Å²) in [5.41, 5.74) is 4.67. The molecule has 0 fully saturated rings. The Hall–Kier alpha value is -1.52. The number of hydrazone groups is 1. The highest BCUT2D eigenvalue weighted by Gasteiger charge is 2.31. The van der Waals surface area contributed by atoms with Crippen molar-refractivity contribution in [2.24, 2.45) is 0 Å². The summed E-state index contributed by atoms with van der Waals surface area (Å²) < 4.78 is 5.32. The third-order valence-corrected chi connectivity index (χ3v) is 2.46. The highest BCUT2D eigenvalue weighted by atomic mass is 16.6. The van der Waals surface area contributed by atoms with Gasteiger partial charge in [0.1, 0.15) is 11.3 Å². The minimum Gasteiger partial charge on any atom is -0.444 e. The van der Waals surface area contributed by atoms with Crippen molar-refractivity contribution in [3.8, 4) is 0 Å². The molecule has 2 rings (SSSR count). The van der Waals surface area contributed by atoms with Gasteiger partial charge in [0.25, 0.3) is 6.21 Å². The van der Waals surface area contributed by atoms with Crippen molar-refractivity contribution in [3.63, 3.8) is 0 Å². The Morgan fingerprint density at radius 3 is 3.00 bits per heavy atom. The van der Waals surface area contributed by atoms with Gasteiger partial charge in [0.15, 0.2) is 5.10 Å². The first-order chi connectivity index (χ1) is 7.46. The molecule has 2 heterocycles. The number of rotatable bonds is 0. The van der Waals surface area contributed by atoms with E-state index in [9.17, 15) is 4.79 Å². The molecule has 1 amide bonds. The van der Waals surface area contributed by atoms with E-state index in [2.05, 4.69) is 10.5 Å². The van der Waals surface area contributed by atoms with Crippen LogP contribution >= 0.6 is 0 Å². The van der Waals surface area contributed by atoms with Gasteiger partial charge in [-0.25, -0.2) is 4.79 Å². The quantitative estimate of drug-likeness (QED) is 0.661. The predicted molar refractivity (Wildman–Crippen MR) is 60.8 cm³/mol. The number of carbonyl (C=O) groups excluding carboxylic acids is 1. The normalized spacial score (nSPS) is 19.6. The van der Waals surface area contributed by atoms with E-state index in [0.717, 1.165) is 12.1 Å². The van der Waals surface area contributed by atoms with Crippen LogP contribution < -0.4 is 10.5 Å². The zero-order valence-electron chi connectivity index (χ0n) is 9.91. The molecule has 0 saturated carbocycles. The molecule has 0 bridgehead atoms. The summed E-state index contributed by atoms with van der Waals surface area (Å²) in [7, 11) is 0. The average molecular weight is 223 g/mol. The molecule has 0 atom stereocenters. The molecular weight excluding hydrogens is 206 g/mol. The average Bonchev–Trinajstić information content (AvgIpc) is 2.61. The van der Waals surface area contributed by atoms with Gasteiger partial charge in [0.05, 0.1) is 12.1 Å². The van der Waals surface area contributed by atoms with E-state index in [1.54, 1.807) is 4.90 Å². The first-order valence-electron chi connectivity index (χ1n) is 5.45. The van der Waals surface area contributed by atoms with E-state index in [1.807, 2.05) is 27.0 Å². The van der Waals surface area contributed by atoms with Crippen molar-refractivity contribution >= 4 is 12.3 Å². The Bertz CT molecular complexity index is 366. The molecular formula is C11H17N3O2+. The van der Waals surface area contributed by atoms with E-state index in [-0.39, 0.29) is 6.09 Å². The van der Waals surface area contributed by atoms with Crippen LogP contribution in [0.1, 0.15) is 27.2 Å². The Morgan fingerprint density at radius 2 is 2.31 bits per heavy atom. The lowest BCUT2D eigenvalue weighted by atomic mass is 10.1. The predicted octanol–water partition coefficient (Wildman–Crippen LogP) is 0.806. The molecule has 0 aromatic rings. The zero-order valence-corrected chi connectivity index (χ0v) is 9.91. The first-order valence-corrected chi connectivity index (χ1v) is 5.45. The Labute approximate surface area is 95.1 Å². The second-order valence-electron chi connectivity index (χ2n) is 5.03. The highest BCUT2D eigenvalue weighted by molar-refractivity contribution is 5.82. The van der Waals surface area contributed by atoms with Crippen molar-refractivity contribution in [3.05, 3.63) is 11.3 Å². The number of carbonyl (C=O) groups is 1. The molecule has 1 radical (unpaired) electrons. The largest absolute Gasteiger partial charge is 0.444 e. The van der Waals surface area contributed by atoms with Gasteiger partial charge in [0.2, 0.25) is 0 Å². The standard InChI is InChI=1S/C11H17N3O2/c1-11(2,3)16-10(15)14-5-4-8-6-12-13-9(8)7-14/h6,13H,4-5,7H2,1-3H3/q+1. The van der Waals surface area contributed by atoms with Crippen LogP contribution in [0.5, 0.6) is 0 Å². The number of ether oxygens (including phenoxy) is 1. The first kappa shape index (κ1) is 11.0. The molecule has 2 aliphatic heterocycles. The van der Waals surface area contributed by atoms with Crippen molar-refractivity contribution in [2.75, 3.05) is 13.1 Å². The summed E-state index contributed by atoms with van der Waals surface area (Å²) >= 11 is 0. The molecule has 0 aliphatic carbocycles. The summed E-state index contributed by atoms with van der Waals surface area (Å²) in [5, 5.41) is 3.97. The van der Waals surface area contributed by atoms with E-state index in [4.69, 9.17) is 4.74 Å². The molecule has 0 unspecified atom stereocenters. The van der Waals surface area contributed by atoms with Crippen LogP contribution in [0.3, 0.4) is 0 Å². The smallest absolute Gasteiger partial charge is 0.410 e. The van der Waals surface area contributed by atoms with Gasteiger partial charge < -0.3 is 9.64 Å². The van der Waals surface area contributed by atoms with Crippen molar-refractivity contribution in [1.29, 1.82) is 0 Å². The molecule has 87 valence electrons. The topological polar surface area (TPSA) is 55.7 Å². The number of hydrogen-bond acceptors (Lipinski definition) is 4. The van der Waals surface area contributed by atoms with Gasteiger partial charge in [0, 0.05) is 6.54 Å². The van der Waals surface area contributed by atoms with E-state index >= 15 is 0 Å². The summed E-state index contributed by atoms with van der Waals surface area (Å²) in [6.45, 7) is 6.87. The van der Waals surface area contributed by atoms with E-state index in [0.29, 0.717) is 13.1 Å². The molecule has 2 aliphatic rings. The van der Waals surface area contributed by atoms with Crippen LogP contribution in [0.25, 0.3) is 0 Å². The van der Waals surface area contributed by atoms with Gasteiger partial charge in [-0.05, 0) is 27.2 Å². The maximum Gasteiger partial charge on any atom is 0.410 e. The van der Waals surface area contributed by atoms with E-state index in [1.165, 1.54) is 5.57 Å². The lowest BCUT2D eigenvalue weighted by Gasteiger charge is -2.29. The monoisotopic (exact) mass is 223 g/mol. The number of nitrogens with zero attached hydrogens (tertiary/aromatic N) is 2. The summed E-state index contributed by atoms with van der Waals surface area (Å²) in [4.78, 5) is 13.5. The lowest BCUT2D eigenvalue weighted by Crippen LogP contribution is -2.42. The fourth-order valence-electron chi connectivity index (χ4n) is 1.70. The van der Waals surface area contributed by atoms with Crippen molar-refractivity contribution < 1.29 is 9.53 Å². The number of amides is 1. The second kappa shape index (κ2) is 3.81. The fraction of sp³-hybridized carbons (Fsp3) is 0.636. The molecule has 16 heavy (non-hydrogen) atoms. The molecule has 0 spiro atoms. The third-order valence-electron chi connectivity index (χ3n) is 2.46. The Balaban J connectivity index is 1.96. The molecule has 1 N–H and O–H groups in total. The van der Waals surface area contributed by atoms with Crippen LogP contribution in [0.15, 0.2) is 11.3 Å². The zero-order chi connectivity index (χ0) is 11.8. The summed E-state index contributed by atoms with van der Waals surface area (Å²) in [6.07, 6.45) is 2.40. The Morgan fingerprint density at radius 1 is 1.56 bits per heavy atom. The third kappa shape index (κ3) is 2.35. The van der Waals surface area contributed by atoms with Crippen LogP contribution in [0.2, 0.25) is 0 Å². The van der Waals surface area contributed by atoms with Crippen LogP contribution in [-0.4, -0.2) is 35.9 Å². The van der Waals surface area contributed by atoms with Gasteiger partial charge in [-0.2, -0.15) is 0 Å². The van der Waals surface area contributed by atoms with Crippen molar-refractivity contribution in [1.82, 2.24) is 15.4 Å². The van der Waals surface area contributed by atoms with Gasteiger partial charge >= 0.3 is 6.09 Å². The number of nitrogens with one attached hydrogen (secondary N) is 1. The van der Waals surface area contributed by atoms with Gasteiger partial charge in [-0.1, -0.05) is 0 Å². The lowest BCUT2D eigenvalue weighted by molar-refractivity contribution is 0.0258. The maximum atomic E-state index is 11.8. The summed E-state index contributed by atoms with van der Waals surface area (Å²) in [5.74, 6) is 0. The summed E-state index contributed by atoms with van der Waals surface area (Å²) in [6, 6.07) is 0. The fourth-order valence-corrected chi connectivity index (χ4v) is 1.70. The van der Waals surface area contributed by atoms with Crippen LogP contribution in [-0.2, 0) is 4.74 Å². The molecule has 5 heteroatoms. The van der Waals surface area contributed by atoms with Crippen LogP contribution in [0.4, 0.5) is 4.79 Å². The molecule has 0 aromatic carbocycles. The minimum atomic E-state index is -0.439. The minimum absolute atomic E-state index is 0.257. The highest BCUT2D eigenvalue weighted by Crippen LogP contribution is 2.18.